The number of hydrogen-bond donors (Lipinski definition) is 1. The summed E-state index contributed by atoms with van der Waals surface area (Å²) in [5.74, 6) is 1.03. The summed E-state index contributed by atoms with van der Waals surface area (Å²) < 4.78 is 37.2. The number of guanidine groups is 1. The Hall–Kier alpha value is -0.510. The average Bonchev–Trinajstić information content (AvgIpc) is 2.88. The Bertz CT molecular complexity index is 388. The van der Waals surface area contributed by atoms with E-state index in [0.717, 1.165) is 38.3 Å². The molecule has 0 bridgehead atoms. The summed E-state index contributed by atoms with van der Waals surface area (Å²) in [6.07, 6.45) is 0.523. The van der Waals surface area contributed by atoms with E-state index in [1.807, 2.05) is 20.0 Å². The molecule has 0 aliphatic carbocycles. The van der Waals surface area contributed by atoms with Gasteiger partial charge in [-0.25, -0.2) is 0 Å². The largest absolute Gasteiger partial charge is 0.401 e. The number of nitrogens with zero attached hydrogens (tertiary/aromatic N) is 3. The highest BCUT2D eigenvalue weighted by Crippen LogP contribution is 2.22. The van der Waals surface area contributed by atoms with Crippen molar-refractivity contribution < 1.29 is 13.2 Å². The lowest BCUT2D eigenvalue weighted by Crippen LogP contribution is -2.39. The molecular formula is C16H30F3IN4. The molecule has 1 aliphatic heterocycles. The van der Waals surface area contributed by atoms with Gasteiger partial charge in [0, 0.05) is 33.2 Å². The quantitative estimate of drug-likeness (QED) is 0.197. The highest BCUT2D eigenvalue weighted by molar-refractivity contribution is 14.0. The summed E-state index contributed by atoms with van der Waals surface area (Å²) in [6.45, 7) is 8.11. The zero-order valence-electron chi connectivity index (χ0n) is 14.6. The van der Waals surface area contributed by atoms with Crippen LogP contribution in [0, 0.1) is 5.92 Å². The number of nitrogens with one attached hydrogen (secondary N) is 1. The van der Waals surface area contributed by atoms with Crippen LogP contribution in [0.5, 0.6) is 0 Å². The molecule has 4 nitrogen and oxygen atoms in total. The lowest BCUT2D eigenvalue weighted by atomic mass is 10.1. The predicted octanol–water partition coefficient (Wildman–Crippen LogP) is 3.35. The minimum absolute atomic E-state index is 0. The lowest BCUT2D eigenvalue weighted by molar-refractivity contribution is -0.143. The van der Waals surface area contributed by atoms with Crippen molar-refractivity contribution in [2.24, 2.45) is 10.9 Å². The Balaban J connectivity index is 0.00000529. The summed E-state index contributed by atoms with van der Waals surface area (Å²) in [4.78, 5) is 8.14. The normalized spacial score (nSPS) is 19.0. The van der Waals surface area contributed by atoms with Gasteiger partial charge in [0.2, 0.25) is 0 Å². The van der Waals surface area contributed by atoms with Gasteiger partial charge in [0.1, 0.15) is 0 Å². The van der Waals surface area contributed by atoms with Crippen molar-refractivity contribution in [2.75, 3.05) is 46.3 Å². The van der Waals surface area contributed by atoms with Gasteiger partial charge in [0.15, 0.2) is 5.96 Å². The number of alkyl halides is 3. The van der Waals surface area contributed by atoms with Crippen LogP contribution in [-0.4, -0.2) is 68.3 Å². The maximum Gasteiger partial charge on any atom is 0.401 e. The molecule has 8 heteroatoms. The molecule has 1 rings (SSSR count). The first kappa shape index (κ1) is 23.5. The van der Waals surface area contributed by atoms with E-state index in [2.05, 4.69) is 21.8 Å². The molecule has 0 spiro atoms. The van der Waals surface area contributed by atoms with Gasteiger partial charge in [-0.05, 0) is 38.6 Å². The number of likely N-dealkylation sites (tertiary alicyclic amines) is 1. The average molecular weight is 462 g/mol. The van der Waals surface area contributed by atoms with Crippen LogP contribution in [0.4, 0.5) is 13.2 Å². The van der Waals surface area contributed by atoms with Gasteiger partial charge < -0.3 is 10.2 Å². The molecule has 1 saturated heterocycles. The van der Waals surface area contributed by atoms with Crippen LogP contribution in [0.25, 0.3) is 0 Å². The van der Waals surface area contributed by atoms with E-state index in [-0.39, 0.29) is 29.9 Å². The molecule has 1 heterocycles. The Morgan fingerprint density at radius 3 is 2.75 bits per heavy atom. The molecule has 0 saturated carbocycles. The van der Waals surface area contributed by atoms with Crippen LogP contribution in [0.15, 0.2) is 17.6 Å². The predicted molar refractivity (Wildman–Crippen MR) is 104 cm³/mol. The van der Waals surface area contributed by atoms with Crippen LogP contribution in [0.3, 0.4) is 0 Å². The minimum Gasteiger partial charge on any atom is -0.357 e. The van der Waals surface area contributed by atoms with Crippen molar-refractivity contribution in [3.63, 3.8) is 0 Å². The zero-order chi connectivity index (χ0) is 17.3. The molecule has 1 N–H and O–H groups in total. The summed E-state index contributed by atoms with van der Waals surface area (Å²) in [6, 6.07) is 0. The Labute approximate surface area is 160 Å². The SMILES string of the molecule is C=CCCCN(C)C(=NCC1CCN(CC(F)(F)F)C1)NCC.I. The van der Waals surface area contributed by atoms with Crippen molar-refractivity contribution in [2.45, 2.75) is 32.4 Å². The fourth-order valence-electron chi connectivity index (χ4n) is 2.72. The first-order valence-electron chi connectivity index (χ1n) is 8.25. The van der Waals surface area contributed by atoms with Gasteiger partial charge in [0.25, 0.3) is 0 Å². The molecule has 0 radical (unpaired) electrons. The number of hydrogen-bond acceptors (Lipinski definition) is 2. The summed E-state index contributed by atoms with van der Waals surface area (Å²) in [7, 11) is 1.98. The van der Waals surface area contributed by atoms with Crippen molar-refractivity contribution >= 4 is 29.9 Å². The van der Waals surface area contributed by atoms with Crippen molar-refractivity contribution in [1.29, 1.82) is 0 Å². The standard InChI is InChI=1S/C16H29F3N4.HI/c1-4-6-7-9-22(3)15(20-5-2)21-11-14-8-10-23(12-14)13-16(17,18)19;/h4,14H,1,5-13H2,2-3H3,(H,20,21);1H. The molecule has 1 unspecified atom stereocenters. The Morgan fingerprint density at radius 1 is 1.46 bits per heavy atom. The number of aliphatic imine (C=N–C) groups is 1. The van der Waals surface area contributed by atoms with Gasteiger partial charge in [-0.15, -0.1) is 30.6 Å². The molecule has 0 aromatic carbocycles. The minimum atomic E-state index is -4.11. The monoisotopic (exact) mass is 462 g/mol. The van der Waals surface area contributed by atoms with E-state index >= 15 is 0 Å². The lowest BCUT2D eigenvalue weighted by Gasteiger charge is -2.22. The molecule has 0 aromatic heterocycles. The fourth-order valence-corrected chi connectivity index (χ4v) is 2.72. The van der Waals surface area contributed by atoms with Crippen LogP contribution >= 0.6 is 24.0 Å². The Kier molecular flexibility index (Phi) is 11.7. The number of rotatable bonds is 8. The highest BCUT2D eigenvalue weighted by atomic mass is 127. The summed E-state index contributed by atoms with van der Waals surface area (Å²) in [5.41, 5.74) is 0. The van der Waals surface area contributed by atoms with Gasteiger partial charge >= 0.3 is 6.18 Å². The van der Waals surface area contributed by atoms with E-state index < -0.39 is 12.7 Å². The molecule has 1 aliphatic rings. The molecular weight excluding hydrogens is 432 g/mol. The van der Waals surface area contributed by atoms with Gasteiger partial charge in [0.05, 0.1) is 6.54 Å². The van der Waals surface area contributed by atoms with Crippen LogP contribution in [0.1, 0.15) is 26.2 Å². The van der Waals surface area contributed by atoms with E-state index in [1.165, 1.54) is 4.90 Å². The second-order valence-electron chi connectivity index (χ2n) is 6.05. The van der Waals surface area contributed by atoms with Gasteiger partial charge in [-0.3, -0.25) is 9.89 Å². The molecule has 24 heavy (non-hydrogen) atoms. The fraction of sp³-hybridized carbons (Fsp3) is 0.812. The second-order valence-corrected chi connectivity index (χ2v) is 6.05. The van der Waals surface area contributed by atoms with E-state index in [4.69, 9.17) is 0 Å². The summed E-state index contributed by atoms with van der Waals surface area (Å²) in [5, 5.41) is 3.24. The summed E-state index contributed by atoms with van der Waals surface area (Å²) >= 11 is 0. The Morgan fingerprint density at radius 2 is 2.17 bits per heavy atom. The number of allylic oxidation sites excluding steroid dienone is 1. The maximum atomic E-state index is 12.4. The smallest absolute Gasteiger partial charge is 0.357 e. The van der Waals surface area contributed by atoms with E-state index in [1.54, 1.807) is 0 Å². The van der Waals surface area contributed by atoms with E-state index in [0.29, 0.717) is 19.6 Å². The van der Waals surface area contributed by atoms with Crippen molar-refractivity contribution in [1.82, 2.24) is 15.1 Å². The maximum absolute atomic E-state index is 12.4. The van der Waals surface area contributed by atoms with Gasteiger partial charge in [-0.1, -0.05) is 6.08 Å². The van der Waals surface area contributed by atoms with Crippen LogP contribution < -0.4 is 5.32 Å². The van der Waals surface area contributed by atoms with Crippen LogP contribution in [-0.2, 0) is 0 Å². The molecule has 142 valence electrons. The highest BCUT2D eigenvalue weighted by Gasteiger charge is 2.34. The number of halogens is 4. The van der Waals surface area contributed by atoms with E-state index in [9.17, 15) is 13.2 Å². The third-order valence-electron chi connectivity index (χ3n) is 3.87. The molecule has 0 aromatic rings. The van der Waals surface area contributed by atoms with Crippen LogP contribution in [0.2, 0.25) is 0 Å². The molecule has 0 amide bonds. The third kappa shape index (κ3) is 9.71. The second kappa shape index (κ2) is 11.9. The number of unbranched alkanes of at least 4 members (excludes halogenated alkanes) is 1. The van der Waals surface area contributed by atoms with Crippen molar-refractivity contribution in [3.8, 4) is 0 Å². The molecule has 1 atom stereocenters. The molecule has 1 fully saturated rings. The van der Waals surface area contributed by atoms with Gasteiger partial charge in [-0.2, -0.15) is 13.2 Å². The van der Waals surface area contributed by atoms with Crippen molar-refractivity contribution in [3.05, 3.63) is 12.7 Å². The first-order valence-corrected chi connectivity index (χ1v) is 8.25. The topological polar surface area (TPSA) is 30.9 Å². The first-order chi connectivity index (χ1) is 10.9. The zero-order valence-corrected chi connectivity index (χ0v) is 16.9. The third-order valence-corrected chi connectivity index (χ3v) is 3.87.